The summed E-state index contributed by atoms with van der Waals surface area (Å²) in [4.78, 5) is 4.37. The fraction of sp³-hybridized carbons (Fsp3) is 0.308. The highest BCUT2D eigenvalue weighted by molar-refractivity contribution is 9.10. The van der Waals surface area contributed by atoms with Gasteiger partial charge in [0.05, 0.1) is 31.1 Å². The van der Waals surface area contributed by atoms with Crippen molar-refractivity contribution >= 4 is 15.9 Å². The van der Waals surface area contributed by atoms with Crippen LogP contribution in [0.3, 0.4) is 0 Å². The maximum absolute atomic E-state index is 5.63. The first-order chi connectivity index (χ1) is 8.25. The van der Waals surface area contributed by atoms with Crippen molar-refractivity contribution in [3.63, 3.8) is 0 Å². The Morgan fingerprint density at radius 1 is 1.35 bits per heavy atom. The van der Waals surface area contributed by atoms with Gasteiger partial charge in [-0.25, -0.2) is 4.98 Å². The lowest BCUT2D eigenvalue weighted by Crippen LogP contribution is -2.25. The molecule has 1 aliphatic rings. The van der Waals surface area contributed by atoms with Crippen molar-refractivity contribution in [1.29, 1.82) is 0 Å². The van der Waals surface area contributed by atoms with E-state index in [1.165, 1.54) is 5.56 Å². The molecule has 2 aromatic rings. The van der Waals surface area contributed by atoms with Gasteiger partial charge in [0.2, 0.25) is 0 Å². The predicted octanol–water partition coefficient (Wildman–Crippen LogP) is 3.07. The molecule has 0 radical (unpaired) electrons. The standard InChI is InChI=1S/C13H13BrN2O/c1-9-15-6-12-7-17-8-13(16(9)12)10-2-4-11(14)5-3-10/h2-6,13H,7-8H2,1H3/t13-/m1/s1. The molecule has 1 aromatic heterocycles. The van der Waals surface area contributed by atoms with Crippen LogP contribution in [-0.4, -0.2) is 16.2 Å². The van der Waals surface area contributed by atoms with Crippen LogP contribution in [0.2, 0.25) is 0 Å². The Labute approximate surface area is 109 Å². The highest BCUT2D eigenvalue weighted by atomic mass is 79.9. The summed E-state index contributed by atoms with van der Waals surface area (Å²) >= 11 is 3.46. The van der Waals surface area contributed by atoms with Gasteiger partial charge in [0, 0.05) is 4.47 Å². The van der Waals surface area contributed by atoms with Crippen LogP contribution >= 0.6 is 15.9 Å². The zero-order valence-corrected chi connectivity index (χ0v) is 11.1. The largest absolute Gasteiger partial charge is 0.373 e. The molecule has 1 aliphatic heterocycles. The van der Waals surface area contributed by atoms with Gasteiger partial charge in [0.25, 0.3) is 0 Å². The minimum absolute atomic E-state index is 0.245. The Morgan fingerprint density at radius 2 is 2.12 bits per heavy atom. The minimum atomic E-state index is 0.245. The second-order valence-corrected chi connectivity index (χ2v) is 5.16. The Kier molecular flexibility index (Phi) is 2.76. The molecular weight excluding hydrogens is 280 g/mol. The Bertz CT molecular complexity index is 533. The van der Waals surface area contributed by atoms with E-state index < -0.39 is 0 Å². The molecule has 17 heavy (non-hydrogen) atoms. The molecule has 3 nitrogen and oxygen atoms in total. The number of fused-ring (bicyclic) bond motifs is 1. The molecule has 0 bridgehead atoms. The van der Waals surface area contributed by atoms with Crippen LogP contribution in [0.25, 0.3) is 0 Å². The first-order valence-electron chi connectivity index (χ1n) is 5.61. The van der Waals surface area contributed by atoms with Gasteiger partial charge in [-0.2, -0.15) is 0 Å². The zero-order chi connectivity index (χ0) is 11.8. The normalized spacial score (nSPS) is 19.1. The van der Waals surface area contributed by atoms with Crippen molar-refractivity contribution in [3.8, 4) is 0 Å². The lowest BCUT2D eigenvalue weighted by Gasteiger charge is -2.27. The maximum atomic E-state index is 5.63. The van der Waals surface area contributed by atoms with E-state index in [9.17, 15) is 0 Å². The van der Waals surface area contributed by atoms with E-state index in [1.807, 2.05) is 13.1 Å². The van der Waals surface area contributed by atoms with Crippen LogP contribution in [0.15, 0.2) is 34.9 Å². The second kappa shape index (κ2) is 4.27. The average molecular weight is 293 g/mol. The van der Waals surface area contributed by atoms with Gasteiger partial charge in [0.15, 0.2) is 0 Å². The monoisotopic (exact) mass is 292 g/mol. The van der Waals surface area contributed by atoms with Gasteiger partial charge in [-0.05, 0) is 24.6 Å². The number of benzene rings is 1. The number of imidazole rings is 1. The van der Waals surface area contributed by atoms with Crippen LogP contribution in [-0.2, 0) is 11.3 Å². The molecule has 0 fully saturated rings. The van der Waals surface area contributed by atoms with Crippen molar-refractivity contribution in [3.05, 3.63) is 52.0 Å². The molecule has 88 valence electrons. The summed E-state index contributed by atoms with van der Waals surface area (Å²) in [6.45, 7) is 3.42. The summed E-state index contributed by atoms with van der Waals surface area (Å²) in [5.74, 6) is 1.05. The summed E-state index contributed by atoms with van der Waals surface area (Å²) in [5.41, 5.74) is 2.41. The molecule has 0 saturated carbocycles. The summed E-state index contributed by atoms with van der Waals surface area (Å²) in [6.07, 6.45) is 1.90. The smallest absolute Gasteiger partial charge is 0.106 e. The molecule has 2 heterocycles. The number of hydrogen-bond acceptors (Lipinski definition) is 2. The summed E-state index contributed by atoms with van der Waals surface area (Å²) in [6, 6.07) is 8.64. The first-order valence-corrected chi connectivity index (χ1v) is 6.41. The molecule has 0 aliphatic carbocycles. The summed E-state index contributed by atoms with van der Waals surface area (Å²) in [7, 11) is 0. The quantitative estimate of drug-likeness (QED) is 0.808. The van der Waals surface area contributed by atoms with Gasteiger partial charge in [-0.15, -0.1) is 0 Å². The summed E-state index contributed by atoms with van der Waals surface area (Å²) < 4.78 is 9.00. The van der Waals surface area contributed by atoms with Gasteiger partial charge in [-0.3, -0.25) is 0 Å². The molecule has 0 N–H and O–H groups in total. The number of nitrogens with zero attached hydrogens (tertiary/aromatic N) is 2. The molecule has 0 amide bonds. The van der Waals surface area contributed by atoms with Crippen LogP contribution in [0, 0.1) is 6.92 Å². The van der Waals surface area contributed by atoms with E-state index >= 15 is 0 Å². The van der Waals surface area contributed by atoms with Crippen LogP contribution < -0.4 is 0 Å². The molecule has 4 heteroatoms. The highest BCUT2D eigenvalue weighted by Gasteiger charge is 2.23. The molecular formula is C13H13BrN2O. The maximum Gasteiger partial charge on any atom is 0.106 e. The van der Waals surface area contributed by atoms with E-state index in [0.29, 0.717) is 13.2 Å². The third kappa shape index (κ3) is 1.91. The molecule has 3 rings (SSSR count). The Hall–Kier alpha value is -1.13. The Morgan fingerprint density at radius 3 is 2.88 bits per heavy atom. The summed E-state index contributed by atoms with van der Waals surface area (Å²) in [5, 5.41) is 0. The number of aromatic nitrogens is 2. The fourth-order valence-electron chi connectivity index (χ4n) is 2.31. The number of rotatable bonds is 1. The number of aryl methyl sites for hydroxylation is 1. The van der Waals surface area contributed by atoms with E-state index in [-0.39, 0.29) is 6.04 Å². The van der Waals surface area contributed by atoms with Crippen LogP contribution in [0.1, 0.15) is 23.1 Å². The van der Waals surface area contributed by atoms with Crippen LogP contribution in [0.5, 0.6) is 0 Å². The molecule has 0 unspecified atom stereocenters. The molecule has 1 aromatic carbocycles. The van der Waals surface area contributed by atoms with E-state index in [2.05, 4.69) is 49.7 Å². The molecule has 1 atom stereocenters. The first kappa shape index (κ1) is 11.0. The third-order valence-electron chi connectivity index (χ3n) is 3.15. The van der Waals surface area contributed by atoms with E-state index in [1.54, 1.807) is 0 Å². The Balaban J connectivity index is 2.05. The van der Waals surface area contributed by atoms with Crippen molar-refractivity contribution < 1.29 is 4.74 Å². The minimum Gasteiger partial charge on any atom is -0.373 e. The lowest BCUT2D eigenvalue weighted by molar-refractivity contribution is 0.0687. The highest BCUT2D eigenvalue weighted by Crippen LogP contribution is 2.27. The SMILES string of the molecule is Cc1ncc2n1[C@@H](c1ccc(Br)cc1)COC2. The van der Waals surface area contributed by atoms with Gasteiger partial charge in [0.1, 0.15) is 5.82 Å². The van der Waals surface area contributed by atoms with Gasteiger partial charge >= 0.3 is 0 Å². The van der Waals surface area contributed by atoms with Crippen molar-refractivity contribution in [2.24, 2.45) is 0 Å². The van der Waals surface area contributed by atoms with Crippen molar-refractivity contribution in [2.75, 3.05) is 6.61 Å². The fourth-order valence-corrected chi connectivity index (χ4v) is 2.58. The van der Waals surface area contributed by atoms with E-state index in [0.717, 1.165) is 16.0 Å². The predicted molar refractivity (Wildman–Crippen MR) is 68.9 cm³/mol. The van der Waals surface area contributed by atoms with Gasteiger partial charge < -0.3 is 9.30 Å². The van der Waals surface area contributed by atoms with Gasteiger partial charge in [-0.1, -0.05) is 28.1 Å². The lowest BCUT2D eigenvalue weighted by atomic mass is 10.1. The molecule has 0 spiro atoms. The molecule has 0 saturated heterocycles. The van der Waals surface area contributed by atoms with E-state index in [4.69, 9.17) is 4.74 Å². The van der Waals surface area contributed by atoms with Crippen molar-refractivity contribution in [1.82, 2.24) is 9.55 Å². The number of ether oxygens (including phenoxy) is 1. The van der Waals surface area contributed by atoms with Crippen LogP contribution in [0.4, 0.5) is 0 Å². The second-order valence-electron chi connectivity index (χ2n) is 4.25. The third-order valence-corrected chi connectivity index (χ3v) is 3.68. The number of halogens is 1. The average Bonchev–Trinajstić information content (AvgIpc) is 2.73. The topological polar surface area (TPSA) is 27.1 Å². The van der Waals surface area contributed by atoms with Crippen molar-refractivity contribution in [2.45, 2.75) is 19.6 Å². The number of hydrogen-bond donors (Lipinski definition) is 0. The zero-order valence-electron chi connectivity index (χ0n) is 9.56.